The molecule has 30 heavy (non-hydrogen) atoms. The van der Waals surface area contributed by atoms with Crippen LogP contribution in [-0.4, -0.2) is 54.5 Å². The lowest BCUT2D eigenvalue weighted by Crippen LogP contribution is -2.52. The van der Waals surface area contributed by atoms with Gasteiger partial charge in [0.1, 0.15) is 0 Å². The number of alkyl halides is 3. The molecule has 0 unspecified atom stereocenters. The van der Waals surface area contributed by atoms with Gasteiger partial charge in [-0.2, -0.15) is 13.2 Å². The lowest BCUT2D eigenvalue weighted by molar-refractivity contribution is -0.137. The van der Waals surface area contributed by atoms with Crippen LogP contribution in [0.2, 0.25) is 0 Å². The first-order valence-electron chi connectivity index (χ1n) is 9.99. The second-order valence-corrected chi connectivity index (χ2v) is 7.39. The Kier molecular flexibility index (Phi) is 7.29. The van der Waals surface area contributed by atoms with Crippen molar-refractivity contribution < 1.29 is 18.0 Å². The van der Waals surface area contributed by atoms with E-state index in [0.29, 0.717) is 5.69 Å². The summed E-state index contributed by atoms with van der Waals surface area (Å²) in [6, 6.07) is 14.3. The molecule has 0 aromatic heterocycles. The van der Waals surface area contributed by atoms with Crippen molar-refractivity contribution in [2.75, 3.05) is 38.0 Å². The average Bonchev–Trinajstić information content (AvgIpc) is 2.74. The molecule has 0 spiro atoms. The van der Waals surface area contributed by atoms with Gasteiger partial charge in [0.2, 0.25) is 5.91 Å². The minimum absolute atomic E-state index is 0.216. The molecule has 0 radical (unpaired) electrons. The zero-order valence-corrected chi connectivity index (χ0v) is 16.9. The van der Waals surface area contributed by atoms with Gasteiger partial charge in [-0.05, 0) is 36.8 Å². The van der Waals surface area contributed by atoms with Gasteiger partial charge in [0.15, 0.2) is 0 Å². The van der Waals surface area contributed by atoms with Gasteiger partial charge in [0.25, 0.3) is 0 Å². The molecule has 2 aromatic carbocycles. The Labute approximate surface area is 175 Å². The van der Waals surface area contributed by atoms with Crippen molar-refractivity contribution in [2.45, 2.75) is 19.1 Å². The Morgan fingerprint density at radius 1 is 1.03 bits per heavy atom. The molecule has 7 heteroatoms. The molecule has 160 valence electrons. The van der Waals surface area contributed by atoms with Crippen molar-refractivity contribution in [1.29, 1.82) is 0 Å². The molecule has 3 rings (SSSR count). The quantitative estimate of drug-likeness (QED) is 0.759. The summed E-state index contributed by atoms with van der Waals surface area (Å²) in [4.78, 5) is 16.9. The van der Waals surface area contributed by atoms with Crippen LogP contribution >= 0.6 is 0 Å². The molecule has 4 nitrogen and oxygen atoms in total. The van der Waals surface area contributed by atoms with Gasteiger partial charge in [0, 0.05) is 38.4 Å². The molecule has 1 N–H and O–H groups in total. The van der Waals surface area contributed by atoms with Gasteiger partial charge in [-0.25, -0.2) is 0 Å². The van der Waals surface area contributed by atoms with Crippen molar-refractivity contribution in [3.63, 3.8) is 0 Å². The van der Waals surface area contributed by atoms with Crippen LogP contribution in [-0.2, 0) is 11.0 Å². The van der Waals surface area contributed by atoms with Gasteiger partial charge >= 0.3 is 6.18 Å². The first-order valence-corrected chi connectivity index (χ1v) is 9.99. The van der Waals surface area contributed by atoms with Gasteiger partial charge < -0.3 is 5.32 Å². The molecule has 1 atom stereocenters. The van der Waals surface area contributed by atoms with Crippen LogP contribution in [0.25, 0.3) is 6.08 Å². The lowest BCUT2D eigenvalue weighted by Gasteiger charge is -2.37. The molecule has 1 heterocycles. The van der Waals surface area contributed by atoms with Gasteiger partial charge in [-0.1, -0.05) is 42.5 Å². The number of benzene rings is 2. The smallest absolute Gasteiger partial charge is 0.325 e. The largest absolute Gasteiger partial charge is 0.416 e. The maximum absolute atomic E-state index is 12.6. The number of amides is 1. The summed E-state index contributed by atoms with van der Waals surface area (Å²) in [5.41, 5.74) is 0.806. The van der Waals surface area contributed by atoms with Crippen molar-refractivity contribution in [2.24, 2.45) is 0 Å². The van der Waals surface area contributed by atoms with Crippen molar-refractivity contribution >= 4 is 17.7 Å². The highest BCUT2D eigenvalue weighted by molar-refractivity contribution is 5.94. The van der Waals surface area contributed by atoms with E-state index in [0.717, 1.165) is 44.9 Å². The van der Waals surface area contributed by atoms with Crippen LogP contribution in [0.1, 0.15) is 18.1 Å². The minimum atomic E-state index is -4.38. The Hall–Kier alpha value is -2.64. The predicted octanol–water partition coefficient (Wildman–Crippen LogP) is 4.36. The first-order chi connectivity index (χ1) is 14.3. The first kappa shape index (κ1) is 22.1. The molecule has 1 saturated heterocycles. The van der Waals surface area contributed by atoms with Crippen LogP contribution in [0.15, 0.2) is 60.7 Å². The fourth-order valence-electron chi connectivity index (χ4n) is 3.39. The third-order valence-corrected chi connectivity index (χ3v) is 5.29. The molecule has 0 saturated carbocycles. The van der Waals surface area contributed by atoms with E-state index in [1.807, 2.05) is 25.1 Å². The second-order valence-electron chi connectivity index (χ2n) is 7.39. The van der Waals surface area contributed by atoms with E-state index in [-0.39, 0.29) is 11.9 Å². The highest BCUT2D eigenvalue weighted by Crippen LogP contribution is 2.29. The van der Waals surface area contributed by atoms with E-state index in [1.54, 1.807) is 0 Å². The number of hydrogen-bond acceptors (Lipinski definition) is 3. The summed E-state index contributed by atoms with van der Waals surface area (Å²) >= 11 is 0. The topological polar surface area (TPSA) is 35.6 Å². The summed E-state index contributed by atoms with van der Waals surface area (Å²) in [6.45, 7) is 5.93. The Morgan fingerprint density at radius 2 is 1.67 bits per heavy atom. The van der Waals surface area contributed by atoms with E-state index < -0.39 is 11.7 Å². The fraction of sp³-hybridized carbons (Fsp3) is 0.348. The van der Waals surface area contributed by atoms with E-state index in [1.165, 1.54) is 17.7 Å². The zero-order chi connectivity index (χ0) is 21.6. The number of hydrogen-bond donors (Lipinski definition) is 1. The Bertz CT molecular complexity index is 842. The third-order valence-electron chi connectivity index (χ3n) is 5.29. The molecular weight excluding hydrogens is 391 g/mol. The molecule has 1 aliphatic rings. The van der Waals surface area contributed by atoms with E-state index in [4.69, 9.17) is 0 Å². The number of piperazine rings is 1. The van der Waals surface area contributed by atoms with E-state index >= 15 is 0 Å². The molecule has 0 bridgehead atoms. The van der Waals surface area contributed by atoms with Gasteiger partial charge in [-0.3, -0.25) is 14.6 Å². The minimum Gasteiger partial charge on any atom is -0.325 e. The van der Waals surface area contributed by atoms with E-state index in [9.17, 15) is 18.0 Å². The van der Waals surface area contributed by atoms with Crippen LogP contribution in [0, 0.1) is 0 Å². The molecule has 0 aliphatic carbocycles. The zero-order valence-electron chi connectivity index (χ0n) is 16.9. The number of halogens is 3. The molecular formula is C23H26F3N3O. The maximum Gasteiger partial charge on any atom is 0.416 e. The summed E-state index contributed by atoms with van der Waals surface area (Å²) in [6.07, 6.45) is -0.135. The normalized spacial score (nSPS) is 17.2. The highest BCUT2D eigenvalue weighted by Gasteiger charge is 2.30. The molecule has 1 aliphatic heterocycles. The number of nitrogens with one attached hydrogen (secondary N) is 1. The van der Waals surface area contributed by atoms with Crippen molar-refractivity contribution in [3.05, 3.63) is 71.8 Å². The molecule has 1 amide bonds. The standard InChI is InChI=1S/C23H26F3N3O/c1-18(22(30)27-21-11-9-20(10-12-21)23(24,25)26)29-16-14-28(15-17-29)13-5-8-19-6-3-2-4-7-19/h2-12,18H,13-17H2,1H3,(H,27,30)/b8-5-/t18-/m1/s1. The Morgan fingerprint density at radius 3 is 2.27 bits per heavy atom. The second kappa shape index (κ2) is 9.91. The maximum atomic E-state index is 12.6. The monoisotopic (exact) mass is 417 g/mol. The number of carbonyl (C=O) groups excluding carboxylic acids is 1. The van der Waals surface area contributed by atoms with Crippen LogP contribution < -0.4 is 5.32 Å². The predicted molar refractivity (Wildman–Crippen MR) is 113 cm³/mol. The number of carbonyl (C=O) groups is 1. The average molecular weight is 417 g/mol. The van der Waals surface area contributed by atoms with Gasteiger partial charge in [-0.15, -0.1) is 0 Å². The fourth-order valence-corrected chi connectivity index (χ4v) is 3.39. The lowest BCUT2D eigenvalue weighted by atomic mass is 10.1. The van der Waals surface area contributed by atoms with Crippen LogP contribution in [0.5, 0.6) is 0 Å². The van der Waals surface area contributed by atoms with Crippen LogP contribution in [0.4, 0.5) is 18.9 Å². The summed E-state index contributed by atoms with van der Waals surface area (Å²) in [5.74, 6) is -0.216. The van der Waals surface area contributed by atoms with E-state index in [2.05, 4.69) is 39.4 Å². The summed E-state index contributed by atoms with van der Waals surface area (Å²) < 4.78 is 37.9. The van der Waals surface area contributed by atoms with Crippen molar-refractivity contribution in [1.82, 2.24) is 9.80 Å². The molecule has 1 fully saturated rings. The molecule has 2 aromatic rings. The number of nitrogens with zero attached hydrogens (tertiary/aromatic N) is 2. The van der Waals surface area contributed by atoms with Crippen LogP contribution in [0.3, 0.4) is 0 Å². The SMILES string of the molecule is C[C@H](C(=O)Nc1ccc(C(F)(F)F)cc1)N1CCN(C/C=C\c2ccccc2)CC1. The summed E-state index contributed by atoms with van der Waals surface area (Å²) in [7, 11) is 0. The number of anilines is 1. The summed E-state index contributed by atoms with van der Waals surface area (Å²) in [5, 5.41) is 2.71. The highest BCUT2D eigenvalue weighted by atomic mass is 19.4. The number of rotatable bonds is 6. The Balaban J connectivity index is 1.44. The van der Waals surface area contributed by atoms with Gasteiger partial charge in [0.05, 0.1) is 11.6 Å². The third kappa shape index (κ3) is 6.18. The van der Waals surface area contributed by atoms with Crippen molar-refractivity contribution in [3.8, 4) is 0 Å².